The minimum absolute atomic E-state index is 0.147. The van der Waals surface area contributed by atoms with E-state index in [9.17, 15) is 4.39 Å². The molecule has 1 nitrogen and oxygen atoms in total. The average Bonchev–Trinajstić information content (AvgIpc) is 3.11. The lowest BCUT2D eigenvalue weighted by Crippen LogP contribution is -2.19. The summed E-state index contributed by atoms with van der Waals surface area (Å²) in [6.45, 7) is 1.04. The molecule has 16 heavy (non-hydrogen) atoms. The van der Waals surface area contributed by atoms with Crippen LogP contribution >= 0.6 is 11.6 Å². The molecule has 0 bridgehead atoms. The number of halogens is 2. The molecule has 86 valence electrons. The molecule has 0 spiro atoms. The van der Waals surface area contributed by atoms with Crippen LogP contribution in [0.3, 0.4) is 0 Å². The molecule has 1 N–H and O–H groups in total. The number of benzene rings is 1. The molecular weight excluding hydrogens is 225 g/mol. The van der Waals surface area contributed by atoms with E-state index in [4.69, 9.17) is 11.6 Å². The molecule has 0 aromatic heterocycles. The predicted molar refractivity (Wildman–Crippen MR) is 63.3 cm³/mol. The average molecular weight is 240 g/mol. The number of rotatable bonds is 4. The molecule has 2 unspecified atom stereocenters. The highest BCUT2D eigenvalue weighted by Crippen LogP contribution is 2.48. The Labute approximate surface area is 100.0 Å². The van der Waals surface area contributed by atoms with Gasteiger partial charge in [-0.3, -0.25) is 0 Å². The fourth-order valence-electron chi connectivity index (χ4n) is 2.26. The van der Waals surface area contributed by atoms with Gasteiger partial charge in [-0.25, -0.2) is 4.39 Å². The Morgan fingerprint density at radius 1 is 1.38 bits per heavy atom. The Hall–Kier alpha value is -0.600. The second kappa shape index (κ2) is 4.01. The maximum absolute atomic E-state index is 13.6. The zero-order valence-electron chi connectivity index (χ0n) is 9.05. The van der Waals surface area contributed by atoms with Crippen LogP contribution in [0.1, 0.15) is 30.7 Å². The zero-order chi connectivity index (χ0) is 11.1. The van der Waals surface area contributed by atoms with E-state index >= 15 is 0 Å². The first-order chi connectivity index (χ1) is 7.74. The van der Waals surface area contributed by atoms with Crippen molar-refractivity contribution in [1.82, 2.24) is 5.32 Å². The second-order valence-electron chi connectivity index (χ2n) is 4.95. The maximum Gasteiger partial charge on any atom is 0.128 e. The van der Waals surface area contributed by atoms with Crippen molar-refractivity contribution in [3.8, 4) is 0 Å². The van der Waals surface area contributed by atoms with Crippen LogP contribution in [-0.4, -0.2) is 12.6 Å². The molecule has 3 heteroatoms. The number of hydrogen-bond acceptors (Lipinski definition) is 1. The van der Waals surface area contributed by atoms with Crippen molar-refractivity contribution in [3.63, 3.8) is 0 Å². The third-order valence-corrected chi connectivity index (χ3v) is 3.77. The molecule has 2 aliphatic carbocycles. The molecule has 2 fully saturated rings. The highest BCUT2D eigenvalue weighted by Gasteiger charge is 2.40. The van der Waals surface area contributed by atoms with Gasteiger partial charge >= 0.3 is 0 Å². The van der Waals surface area contributed by atoms with Crippen LogP contribution in [0.2, 0.25) is 5.02 Å². The highest BCUT2D eigenvalue weighted by molar-refractivity contribution is 6.30. The van der Waals surface area contributed by atoms with Crippen LogP contribution in [0.15, 0.2) is 18.2 Å². The van der Waals surface area contributed by atoms with E-state index in [0.29, 0.717) is 16.9 Å². The van der Waals surface area contributed by atoms with Crippen molar-refractivity contribution < 1.29 is 4.39 Å². The monoisotopic (exact) mass is 239 g/mol. The van der Waals surface area contributed by atoms with Crippen molar-refractivity contribution in [2.75, 3.05) is 6.54 Å². The summed E-state index contributed by atoms with van der Waals surface area (Å²) in [6.07, 6.45) is 3.73. The van der Waals surface area contributed by atoms with Gasteiger partial charge in [-0.2, -0.15) is 0 Å². The third kappa shape index (κ3) is 2.23. The SMILES string of the molecule is Fc1cc(Cl)ccc1C1CC1CNC1CC1. The quantitative estimate of drug-likeness (QED) is 0.850. The van der Waals surface area contributed by atoms with Crippen molar-refractivity contribution >= 4 is 11.6 Å². The fraction of sp³-hybridized carbons (Fsp3) is 0.538. The van der Waals surface area contributed by atoms with Crippen LogP contribution in [-0.2, 0) is 0 Å². The van der Waals surface area contributed by atoms with Gasteiger partial charge in [0.25, 0.3) is 0 Å². The van der Waals surface area contributed by atoms with Crippen LogP contribution < -0.4 is 5.32 Å². The summed E-state index contributed by atoms with van der Waals surface area (Å²) in [7, 11) is 0. The minimum atomic E-state index is -0.147. The van der Waals surface area contributed by atoms with Gasteiger partial charge in [0.15, 0.2) is 0 Å². The summed E-state index contributed by atoms with van der Waals surface area (Å²) < 4.78 is 13.6. The lowest BCUT2D eigenvalue weighted by Gasteiger charge is -2.04. The number of hydrogen-bond donors (Lipinski definition) is 1. The normalized spacial score (nSPS) is 28.1. The van der Waals surface area contributed by atoms with E-state index in [1.165, 1.54) is 18.9 Å². The predicted octanol–water partition coefficient (Wildman–Crippen LogP) is 3.33. The second-order valence-corrected chi connectivity index (χ2v) is 5.39. The summed E-state index contributed by atoms with van der Waals surface area (Å²) in [4.78, 5) is 0. The fourth-order valence-corrected chi connectivity index (χ4v) is 2.42. The van der Waals surface area contributed by atoms with Gasteiger partial charge in [0.1, 0.15) is 5.82 Å². The van der Waals surface area contributed by atoms with Crippen molar-refractivity contribution in [2.45, 2.75) is 31.2 Å². The van der Waals surface area contributed by atoms with Crippen molar-refractivity contribution in [1.29, 1.82) is 0 Å². The van der Waals surface area contributed by atoms with E-state index < -0.39 is 0 Å². The van der Waals surface area contributed by atoms with Gasteiger partial charge in [0.2, 0.25) is 0 Å². The Kier molecular flexibility index (Phi) is 2.64. The first-order valence-electron chi connectivity index (χ1n) is 5.92. The summed E-state index contributed by atoms with van der Waals surface area (Å²) in [5.74, 6) is 0.881. The Balaban J connectivity index is 1.61. The van der Waals surface area contributed by atoms with Crippen LogP contribution in [0.4, 0.5) is 4.39 Å². The van der Waals surface area contributed by atoms with Crippen LogP contribution in [0.5, 0.6) is 0 Å². The first kappa shape index (κ1) is 10.5. The minimum Gasteiger partial charge on any atom is -0.314 e. The van der Waals surface area contributed by atoms with Gasteiger partial charge in [0.05, 0.1) is 0 Å². The van der Waals surface area contributed by atoms with E-state index in [2.05, 4.69) is 5.32 Å². The van der Waals surface area contributed by atoms with Gasteiger partial charge in [-0.15, -0.1) is 0 Å². The van der Waals surface area contributed by atoms with E-state index in [1.54, 1.807) is 6.07 Å². The molecule has 0 radical (unpaired) electrons. The largest absolute Gasteiger partial charge is 0.314 e. The molecule has 0 saturated heterocycles. The smallest absolute Gasteiger partial charge is 0.128 e. The van der Waals surface area contributed by atoms with E-state index in [0.717, 1.165) is 24.6 Å². The molecule has 0 heterocycles. The topological polar surface area (TPSA) is 12.0 Å². The van der Waals surface area contributed by atoms with Crippen molar-refractivity contribution in [2.24, 2.45) is 5.92 Å². The molecule has 1 aromatic carbocycles. The molecule has 0 aliphatic heterocycles. The summed E-state index contributed by atoms with van der Waals surface area (Å²) >= 11 is 5.74. The zero-order valence-corrected chi connectivity index (χ0v) is 9.80. The molecular formula is C13H15ClFN. The Bertz CT molecular complexity index is 403. The molecule has 2 saturated carbocycles. The van der Waals surface area contributed by atoms with Gasteiger partial charge in [-0.05, 0) is 55.3 Å². The molecule has 2 aliphatic rings. The van der Waals surface area contributed by atoms with Gasteiger partial charge in [-0.1, -0.05) is 17.7 Å². The van der Waals surface area contributed by atoms with Gasteiger partial charge < -0.3 is 5.32 Å². The highest BCUT2D eigenvalue weighted by atomic mass is 35.5. The van der Waals surface area contributed by atoms with Gasteiger partial charge in [0, 0.05) is 11.1 Å². The van der Waals surface area contributed by atoms with E-state index in [1.807, 2.05) is 6.07 Å². The van der Waals surface area contributed by atoms with E-state index in [-0.39, 0.29) is 5.82 Å². The summed E-state index contributed by atoms with van der Waals surface area (Å²) in [5.41, 5.74) is 0.840. The maximum atomic E-state index is 13.6. The Morgan fingerprint density at radius 3 is 2.88 bits per heavy atom. The standard InChI is InChI=1S/C13H15ClFN/c14-9-1-4-11(13(15)6-9)12-5-8(12)7-16-10-2-3-10/h1,4,6,8,10,12,16H,2-3,5,7H2. The van der Waals surface area contributed by atoms with Crippen molar-refractivity contribution in [3.05, 3.63) is 34.6 Å². The third-order valence-electron chi connectivity index (χ3n) is 3.53. The lowest BCUT2D eigenvalue weighted by molar-refractivity contribution is 0.591. The number of nitrogens with one attached hydrogen (secondary N) is 1. The lowest BCUT2D eigenvalue weighted by atomic mass is 10.1. The molecule has 2 atom stereocenters. The molecule has 3 rings (SSSR count). The molecule has 0 amide bonds. The summed E-state index contributed by atoms with van der Waals surface area (Å²) in [5, 5.41) is 3.98. The first-order valence-corrected chi connectivity index (χ1v) is 6.30. The van der Waals surface area contributed by atoms with Crippen LogP contribution in [0, 0.1) is 11.7 Å². The van der Waals surface area contributed by atoms with Crippen LogP contribution in [0.25, 0.3) is 0 Å². The molecule has 1 aromatic rings. The summed E-state index contributed by atoms with van der Waals surface area (Å²) in [6, 6.07) is 5.78. The Morgan fingerprint density at radius 2 is 2.19 bits per heavy atom.